The fourth-order valence-electron chi connectivity index (χ4n) is 6.93. The van der Waals surface area contributed by atoms with Gasteiger partial charge in [0.2, 0.25) is 0 Å². The van der Waals surface area contributed by atoms with E-state index in [0.717, 1.165) is 83.4 Å². The molecular formula is C42H27N3O2. The first kappa shape index (κ1) is 27.1. The number of ether oxygens (including phenoxy) is 1. The molecule has 0 unspecified atom stereocenters. The summed E-state index contributed by atoms with van der Waals surface area (Å²) in [6.45, 7) is 4.36. The van der Waals surface area contributed by atoms with Gasteiger partial charge in [-0.3, -0.25) is 0 Å². The molecule has 0 saturated heterocycles. The number of rotatable bonds is 3. The Morgan fingerprint density at radius 2 is 1.38 bits per heavy atom. The summed E-state index contributed by atoms with van der Waals surface area (Å²) in [5.74, 6) is 2.21. The van der Waals surface area contributed by atoms with Crippen molar-refractivity contribution in [3.8, 4) is 51.3 Å². The molecule has 0 bridgehead atoms. The van der Waals surface area contributed by atoms with E-state index >= 15 is 0 Å². The van der Waals surface area contributed by atoms with Gasteiger partial charge < -0.3 is 9.15 Å². The maximum atomic E-state index is 10.0. The number of hydrogen-bond donors (Lipinski definition) is 0. The van der Waals surface area contributed by atoms with Gasteiger partial charge in [0, 0.05) is 49.4 Å². The summed E-state index contributed by atoms with van der Waals surface area (Å²) in [4.78, 5) is 10.2. The van der Waals surface area contributed by atoms with Crippen LogP contribution in [0.2, 0.25) is 0 Å². The molecule has 0 amide bonds. The van der Waals surface area contributed by atoms with Crippen LogP contribution >= 0.6 is 0 Å². The van der Waals surface area contributed by atoms with Crippen molar-refractivity contribution < 1.29 is 9.15 Å². The van der Waals surface area contributed by atoms with Crippen LogP contribution in [0.15, 0.2) is 132 Å². The Morgan fingerprint density at radius 1 is 0.617 bits per heavy atom. The molecule has 2 aromatic heterocycles. The quantitative estimate of drug-likeness (QED) is 0.200. The van der Waals surface area contributed by atoms with Gasteiger partial charge >= 0.3 is 0 Å². The van der Waals surface area contributed by atoms with Crippen molar-refractivity contribution in [2.75, 3.05) is 0 Å². The van der Waals surface area contributed by atoms with Crippen molar-refractivity contribution in [3.63, 3.8) is 0 Å². The largest absolute Gasteiger partial charge is 0.456 e. The second kappa shape index (κ2) is 10.1. The predicted molar refractivity (Wildman–Crippen MR) is 186 cm³/mol. The smallest absolute Gasteiger partial charge is 0.160 e. The summed E-state index contributed by atoms with van der Waals surface area (Å²) in [5.41, 5.74) is 9.31. The van der Waals surface area contributed by atoms with E-state index in [1.807, 2.05) is 78.9 Å². The highest BCUT2D eigenvalue weighted by molar-refractivity contribution is 6.06. The molecule has 0 saturated carbocycles. The molecule has 8 aromatic rings. The van der Waals surface area contributed by atoms with Crippen LogP contribution in [0.25, 0.3) is 66.6 Å². The fraction of sp³-hybridized carbons (Fsp3) is 0.0714. The topological polar surface area (TPSA) is 71.9 Å². The van der Waals surface area contributed by atoms with Crippen LogP contribution in [0.1, 0.15) is 30.5 Å². The van der Waals surface area contributed by atoms with Crippen LogP contribution in [-0.2, 0) is 5.41 Å². The van der Waals surface area contributed by atoms with Crippen molar-refractivity contribution in [2.45, 2.75) is 19.3 Å². The molecule has 47 heavy (non-hydrogen) atoms. The van der Waals surface area contributed by atoms with Gasteiger partial charge in [0.15, 0.2) is 5.82 Å². The van der Waals surface area contributed by atoms with Crippen molar-refractivity contribution in [2.24, 2.45) is 0 Å². The van der Waals surface area contributed by atoms with Crippen LogP contribution in [0.3, 0.4) is 0 Å². The number of nitriles is 1. The fourth-order valence-corrected chi connectivity index (χ4v) is 6.93. The molecule has 0 spiro atoms. The molecule has 1 aliphatic heterocycles. The normalized spacial score (nSPS) is 13.2. The molecule has 9 rings (SSSR count). The average Bonchev–Trinajstić information content (AvgIpc) is 3.49. The zero-order valence-corrected chi connectivity index (χ0v) is 25.8. The third kappa shape index (κ3) is 4.23. The van der Waals surface area contributed by atoms with Crippen molar-refractivity contribution in [1.82, 2.24) is 9.97 Å². The Balaban J connectivity index is 1.21. The Morgan fingerprint density at radius 3 is 2.28 bits per heavy atom. The van der Waals surface area contributed by atoms with E-state index in [4.69, 9.17) is 19.1 Å². The van der Waals surface area contributed by atoms with E-state index in [9.17, 15) is 5.26 Å². The minimum absolute atomic E-state index is 0.347. The highest BCUT2D eigenvalue weighted by Gasteiger charge is 2.36. The molecule has 0 radical (unpaired) electrons. The predicted octanol–water partition coefficient (Wildman–Crippen LogP) is 10.8. The summed E-state index contributed by atoms with van der Waals surface area (Å²) in [6, 6.07) is 45.0. The number of nitrogens with zero attached hydrogens (tertiary/aromatic N) is 3. The molecule has 3 heterocycles. The molecule has 0 aliphatic carbocycles. The number of furan rings is 1. The van der Waals surface area contributed by atoms with Gasteiger partial charge in [-0.25, -0.2) is 9.97 Å². The lowest BCUT2D eigenvalue weighted by Gasteiger charge is -2.35. The van der Waals surface area contributed by atoms with Crippen LogP contribution in [0.5, 0.6) is 11.5 Å². The summed E-state index contributed by atoms with van der Waals surface area (Å²) in [6.07, 6.45) is 0. The summed E-state index contributed by atoms with van der Waals surface area (Å²) in [5, 5.41) is 13.2. The van der Waals surface area contributed by atoms with Gasteiger partial charge in [-0.2, -0.15) is 5.26 Å². The van der Waals surface area contributed by atoms with E-state index < -0.39 is 0 Å². The molecule has 5 heteroatoms. The highest BCUT2D eigenvalue weighted by atomic mass is 16.5. The van der Waals surface area contributed by atoms with Crippen molar-refractivity contribution >= 4 is 32.8 Å². The maximum Gasteiger partial charge on any atom is 0.160 e. The van der Waals surface area contributed by atoms with E-state index in [1.54, 1.807) is 0 Å². The van der Waals surface area contributed by atoms with Crippen LogP contribution < -0.4 is 4.74 Å². The molecule has 0 fully saturated rings. The third-order valence-corrected chi connectivity index (χ3v) is 9.35. The molecular weight excluding hydrogens is 578 g/mol. The zero-order chi connectivity index (χ0) is 31.7. The lowest BCUT2D eigenvalue weighted by Crippen LogP contribution is -2.24. The number of hydrogen-bond acceptors (Lipinski definition) is 5. The Bertz CT molecular complexity index is 2610. The lowest BCUT2D eigenvalue weighted by molar-refractivity contribution is 0.419. The van der Waals surface area contributed by atoms with Gasteiger partial charge in [0.25, 0.3) is 0 Å². The van der Waals surface area contributed by atoms with E-state index in [-0.39, 0.29) is 5.41 Å². The van der Waals surface area contributed by atoms with Gasteiger partial charge in [-0.15, -0.1) is 0 Å². The first-order chi connectivity index (χ1) is 23.0. The molecule has 6 aromatic carbocycles. The second-order valence-electron chi connectivity index (χ2n) is 12.5. The second-order valence-corrected chi connectivity index (χ2v) is 12.5. The van der Waals surface area contributed by atoms with E-state index in [1.165, 1.54) is 0 Å². The Hall–Kier alpha value is -6.25. The Labute approximate surface area is 271 Å². The lowest BCUT2D eigenvalue weighted by atomic mass is 9.74. The molecule has 0 N–H and O–H groups in total. The minimum atomic E-state index is -0.347. The number of fused-ring (bicyclic) bond motifs is 6. The number of aromatic nitrogens is 2. The molecule has 0 atom stereocenters. The zero-order valence-electron chi connectivity index (χ0n) is 25.8. The number of benzene rings is 6. The van der Waals surface area contributed by atoms with Gasteiger partial charge in [-0.1, -0.05) is 92.7 Å². The Kier molecular flexibility index (Phi) is 5.84. The molecule has 5 nitrogen and oxygen atoms in total. The average molecular weight is 606 g/mol. The van der Waals surface area contributed by atoms with Gasteiger partial charge in [0.1, 0.15) is 22.7 Å². The SMILES string of the molecule is CC1(C)c2ccccc2Oc2c(-c3cccc(-c4nc(-c5ccc6c(c5)oc5ccccc56)c5ccccc5n4)c3)cc(C#N)cc21. The maximum absolute atomic E-state index is 10.0. The van der Waals surface area contributed by atoms with Crippen molar-refractivity contribution in [3.05, 3.63) is 144 Å². The summed E-state index contributed by atoms with van der Waals surface area (Å²) >= 11 is 0. The van der Waals surface area contributed by atoms with Crippen LogP contribution in [0.4, 0.5) is 0 Å². The first-order valence-electron chi connectivity index (χ1n) is 15.6. The summed E-state index contributed by atoms with van der Waals surface area (Å²) < 4.78 is 12.8. The standard InChI is InChI=1S/C42H27N3O2/c1-42(2)33-14-5-8-17-37(33)47-40-32(20-25(24-43)21-34(40)42)26-10-9-11-28(22-26)41-44-35-15-6-3-13-31(35)39(45-41)27-18-19-30-29-12-4-7-16-36(29)46-38(30)23-27/h3-23H,1-2H3. The third-order valence-electron chi connectivity index (χ3n) is 9.35. The van der Waals surface area contributed by atoms with Crippen molar-refractivity contribution in [1.29, 1.82) is 5.26 Å². The summed E-state index contributed by atoms with van der Waals surface area (Å²) in [7, 11) is 0. The van der Waals surface area contributed by atoms with Crippen LogP contribution in [-0.4, -0.2) is 9.97 Å². The van der Waals surface area contributed by atoms with Gasteiger partial charge in [0.05, 0.1) is 22.8 Å². The first-order valence-corrected chi connectivity index (χ1v) is 15.6. The van der Waals surface area contributed by atoms with Crippen LogP contribution in [0, 0.1) is 11.3 Å². The van der Waals surface area contributed by atoms with E-state index in [0.29, 0.717) is 11.4 Å². The minimum Gasteiger partial charge on any atom is -0.456 e. The highest BCUT2D eigenvalue weighted by Crippen LogP contribution is 2.51. The molecule has 1 aliphatic rings. The molecule has 222 valence electrons. The monoisotopic (exact) mass is 605 g/mol. The number of para-hydroxylation sites is 3. The van der Waals surface area contributed by atoms with E-state index in [2.05, 4.69) is 68.4 Å². The van der Waals surface area contributed by atoms with Gasteiger partial charge in [-0.05, 0) is 54.1 Å².